The fraction of sp³-hybridized carbons (Fsp3) is 0.273. The number of anilines is 2. The Balaban J connectivity index is 0.00000210. The van der Waals surface area contributed by atoms with Gasteiger partial charge in [-0.3, -0.25) is 9.78 Å². The Morgan fingerprint density at radius 2 is 1.70 bits per heavy atom. The monoisotopic (exact) mass is 381 g/mol. The van der Waals surface area contributed by atoms with E-state index in [1.54, 1.807) is 0 Å². The molecule has 1 aliphatic rings. The van der Waals surface area contributed by atoms with Crippen LogP contribution in [0.4, 0.5) is 11.4 Å². The Labute approximate surface area is 166 Å². The summed E-state index contributed by atoms with van der Waals surface area (Å²) in [6.07, 6.45) is 4.14. The first-order valence-corrected chi connectivity index (χ1v) is 9.13. The summed E-state index contributed by atoms with van der Waals surface area (Å²) < 4.78 is 0. The molecule has 0 unspecified atom stereocenters. The van der Waals surface area contributed by atoms with Crippen molar-refractivity contribution < 1.29 is 4.79 Å². The number of aromatic nitrogens is 1. The topological polar surface area (TPSA) is 45.2 Å². The number of carbonyl (C=O) groups excluding carboxylic acids is 1. The molecule has 5 heteroatoms. The highest BCUT2D eigenvalue weighted by Gasteiger charge is 2.22. The first kappa shape index (κ1) is 19.2. The predicted molar refractivity (Wildman–Crippen MR) is 114 cm³/mol. The zero-order valence-corrected chi connectivity index (χ0v) is 16.5. The largest absolute Gasteiger partial charge is 0.378 e. The summed E-state index contributed by atoms with van der Waals surface area (Å²) in [5.41, 5.74) is 5.82. The van der Waals surface area contributed by atoms with E-state index in [4.69, 9.17) is 4.98 Å². The van der Waals surface area contributed by atoms with Crippen LogP contribution in [-0.2, 0) is 12.8 Å². The number of hydrogen-bond acceptors (Lipinski definition) is 3. The number of nitrogens with zero attached hydrogens (tertiary/aromatic N) is 2. The van der Waals surface area contributed by atoms with Crippen molar-refractivity contribution in [2.24, 2.45) is 0 Å². The standard InChI is InChI=1S/C22H23N3O.ClH/c1-25(2)16-13-11-15(12-14-16)23-22(26)21-17-7-3-5-9-19(17)24-20-10-6-4-8-18(20)21;/h3,5,7,9,11-14H,4,6,8,10H2,1-2H3,(H,23,26);1H. The van der Waals surface area contributed by atoms with Crippen molar-refractivity contribution in [3.63, 3.8) is 0 Å². The number of carbonyl (C=O) groups is 1. The molecule has 1 aliphatic carbocycles. The van der Waals surface area contributed by atoms with Gasteiger partial charge in [0, 0.05) is 36.6 Å². The van der Waals surface area contributed by atoms with Gasteiger partial charge in [-0.2, -0.15) is 0 Å². The lowest BCUT2D eigenvalue weighted by Gasteiger charge is -2.20. The molecular weight excluding hydrogens is 358 g/mol. The van der Waals surface area contributed by atoms with Crippen molar-refractivity contribution in [1.82, 2.24) is 4.98 Å². The van der Waals surface area contributed by atoms with Crippen molar-refractivity contribution in [3.05, 3.63) is 65.4 Å². The lowest BCUT2D eigenvalue weighted by molar-refractivity contribution is 0.102. The third-order valence-corrected chi connectivity index (χ3v) is 5.04. The van der Waals surface area contributed by atoms with E-state index in [0.29, 0.717) is 0 Å². The summed E-state index contributed by atoms with van der Waals surface area (Å²) in [5, 5.41) is 4.02. The second kappa shape index (κ2) is 7.97. The van der Waals surface area contributed by atoms with Gasteiger partial charge >= 0.3 is 0 Å². The molecule has 0 spiro atoms. The quantitative estimate of drug-likeness (QED) is 0.705. The molecule has 4 rings (SSSR count). The van der Waals surface area contributed by atoms with Crippen molar-refractivity contribution in [3.8, 4) is 0 Å². The number of amides is 1. The van der Waals surface area contributed by atoms with Gasteiger partial charge in [0.05, 0.1) is 11.1 Å². The Kier molecular flexibility index (Phi) is 5.66. The summed E-state index contributed by atoms with van der Waals surface area (Å²) in [4.78, 5) is 20.0. The highest BCUT2D eigenvalue weighted by Crippen LogP contribution is 2.30. The zero-order chi connectivity index (χ0) is 18.1. The molecule has 1 aromatic heterocycles. The van der Waals surface area contributed by atoms with Crippen LogP contribution >= 0.6 is 12.4 Å². The number of para-hydroxylation sites is 1. The first-order valence-electron chi connectivity index (χ1n) is 9.13. The fourth-order valence-corrected chi connectivity index (χ4v) is 3.67. The van der Waals surface area contributed by atoms with Gasteiger partial charge in [0.2, 0.25) is 0 Å². The van der Waals surface area contributed by atoms with E-state index in [1.807, 2.05) is 67.5 Å². The van der Waals surface area contributed by atoms with Gasteiger partial charge in [-0.15, -0.1) is 12.4 Å². The molecular formula is C22H24ClN3O. The average Bonchev–Trinajstić information content (AvgIpc) is 2.66. The van der Waals surface area contributed by atoms with Crippen LogP contribution in [0.3, 0.4) is 0 Å². The highest BCUT2D eigenvalue weighted by molar-refractivity contribution is 6.13. The Hall–Kier alpha value is -2.59. The van der Waals surface area contributed by atoms with Crippen LogP contribution in [0.25, 0.3) is 10.9 Å². The molecule has 0 fully saturated rings. The molecule has 1 N–H and O–H groups in total. The molecule has 140 valence electrons. The Bertz CT molecular complexity index is 967. The number of rotatable bonds is 3. The summed E-state index contributed by atoms with van der Waals surface area (Å²) in [5.74, 6) is -0.0423. The van der Waals surface area contributed by atoms with Crippen molar-refractivity contribution >= 4 is 40.6 Å². The molecule has 0 saturated heterocycles. The summed E-state index contributed by atoms with van der Waals surface area (Å²) in [6, 6.07) is 15.9. The summed E-state index contributed by atoms with van der Waals surface area (Å²) in [6.45, 7) is 0. The van der Waals surface area contributed by atoms with E-state index in [1.165, 1.54) is 0 Å². The van der Waals surface area contributed by atoms with Gasteiger partial charge in [0.25, 0.3) is 5.91 Å². The van der Waals surface area contributed by atoms with Crippen LogP contribution in [0.2, 0.25) is 0 Å². The van der Waals surface area contributed by atoms with E-state index in [0.717, 1.165) is 64.8 Å². The van der Waals surface area contributed by atoms with Crippen LogP contribution < -0.4 is 10.2 Å². The molecule has 4 nitrogen and oxygen atoms in total. The van der Waals surface area contributed by atoms with Crippen molar-refractivity contribution in [2.75, 3.05) is 24.3 Å². The lowest BCUT2D eigenvalue weighted by Crippen LogP contribution is -2.19. The number of halogens is 1. The number of benzene rings is 2. The Morgan fingerprint density at radius 1 is 1.00 bits per heavy atom. The number of nitrogens with one attached hydrogen (secondary N) is 1. The van der Waals surface area contributed by atoms with Gasteiger partial charge in [0.1, 0.15) is 0 Å². The molecule has 27 heavy (non-hydrogen) atoms. The first-order chi connectivity index (χ1) is 12.6. The van der Waals surface area contributed by atoms with Crippen LogP contribution in [-0.4, -0.2) is 25.0 Å². The summed E-state index contributed by atoms with van der Waals surface area (Å²) >= 11 is 0. The molecule has 1 heterocycles. The third kappa shape index (κ3) is 3.76. The maximum atomic E-state index is 13.2. The molecule has 3 aromatic rings. The Morgan fingerprint density at radius 3 is 2.44 bits per heavy atom. The normalized spacial score (nSPS) is 12.8. The number of pyridine rings is 1. The zero-order valence-electron chi connectivity index (χ0n) is 15.7. The molecule has 2 aromatic carbocycles. The minimum atomic E-state index is -0.0423. The maximum absolute atomic E-state index is 13.2. The van der Waals surface area contributed by atoms with E-state index < -0.39 is 0 Å². The van der Waals surface area contributed by atoms with E-state index in [9.17, 15) is 4.79 Å². The molecule has 0 aliphatic heterocycles. The minimum absolute atomic E-state index is 0. The van der Waals surface area contributed by atoms with Gasteiger partial charge in [0.15, 0.2) is 0 Å². The van der Waals surface area contributed by atoms with Gasteiger partial charge in [-0.25, -0.2) is 0 Å². The molecule has 1 amide bonds. The highest BCUT2D eigenvalue weighted by atomic mass is 35.5. The second-order valence-corrected chi connectivity index (χ2v) is 7.03. The number of fused-ring (bicyclic) bond motifs is 2. The molecule has 0 saturated carbocycles. The minimum Gasteiger partial charge on any atom is -0.378 e. The van der Waals surface area contributed by atoms with E-state index in [-0.39, 0.29) is 18.3 Å². The van der Waals surface area contributed by atoms with Gasteiger partial charge < -0.3 is 10.2 Å². The fourth-order valence-electron chi connectivity index (χ4n) is 3.67. The van der Waals surface area contributed by atoms with Gasteiger partial charge in [-0.1, -0.05) is 18.2 Å². The number of aryl methyl sites for hydroxylation is 1. The van der Waals surface area contributed by atoms with Crippen LogP contribution in [0.5, 0.6) is 0 Å². The molecule has 0 atom stereocenters. The third-order valence-electron chi connectivity index (χ3n) is 5.04. The van der Waals surface area contributed by atoms with Crippen LogP contribution in [0.15, 0.2) is 48.5 Å². The second-order valence-electron chi connectivity index (χ2n) is 7.03. The van der Waals surface area contributed by atoms with Gasteiger partial charge in [-0.05, 0) is 61.6 Å². The predicted octanol–water partition coefficient (Wildman–Crippen LogP) is 4.85. The SMILES string of the molecule is CN(C)c1ccc(NC(=O)c2c3c(nc4ccccc24)CCCC3)cc1.Cl. The summed E-state index contributed by atoms with van der Waals surface area (Å²) in [7, 11) is 4.01. The van der Waals surface area contributed by atoms with Crippen LogP contribution in [0, 0.1) is 0 Å². The molecule has 0 radical (unpaired) electrons. The number of hydrogen-bond donors (Lipinski definition) is 1. The van der Waals surface area contributed by atoms with Crippen molar-refractivity contribution in [2.45, 2.75) is 25.7 Å². The molecule has 0 bridgehead atoms. The lowest BCUT2D eigenvalue weighted by atomic mass is 9.89. The average molecular weight is 382 g/mol. The van der Waals surface area contributed by atoms with Crippen LogP contribution in [0.1, 0.15) is 34.5 Å². The van der Waals surface area contributed by atoms with E-state index in [2.05, 4.69) is 5.32 Å². The smallest absolute Gasteiger partial charge is 0.256 e. The van der Waals surface area contributed by atoms with E-state index >= 15 is 0 Å². The maximum Gasteiger partial charge on any atom is 0.256 e. The van der Waals surface area contributed by atoms with Crippen molar-refractivity contribution in [1.29, 1.82) is 0 Å².